The fourth-order valence-electron chi connectivity index (χ4n) is 4.33. The molecule has 2 aromatic heterocycles. The molecule has 0 radical (unpaired) electrons. The summed E-state index contributed by atoms with van der Waals surface area (Å²) in [7, 11) is 0. The molecule has 0 bridgehead atoms. The number of aromatic amines is 1. The second-order valence-electron chi connectivity index (χ2n) is 8.15. The second kappa shape index (κ2) is 9.04. The number of aromatic nitrogens is 3. The van der Waals surface area contributed by atoms with Gasteiger partial charge in [0.2, 0.25) is 0 Å². The van der Waals surface area contributed by atoms with E-state index in [1.54, 1.807) is 0 Å². The molecule has 5 nitrogen and oxygen atoms in total. The molecule has 0 aliphatic carbocycles. The molecular weight excluding hydrogens is 410 g/mol. The van der Waals surface area contributed by atoms with Crippen molar-refractivity contribution in [2.24, 2.45) is 0 Å². The molecule has 5 rings (SSSR count). The van der Waals surface area contributed by atoms with Crippen LogP contribution < -0.4 is 4.74 Å². The van der Waals surface area contributed by atoms with E-state index in [4.69, 9.17) is 4.74 Å². The highest BCUT2D eigenvalue weighted by molar-refractivity contribution is 5.78. The summed E-state index contributed by atoms with van der Waals surface area (Å²) < 4.78 is 31.9. The third-order valence-corrected chi connectivity index (χ3v) is 5.94. The molecule has 4 aromatic rings. The van der Waals surface area contributed by atoms with E-state index in [1.165, 1.54) is 11.6 Å². The molecule has 0 spiro atoms. The van der Waals surface area contributed by atoms with Gasteiger partial charge < -0.3 is 4.74 Å². The average molecular weight is 434 g/mol. The van der Waals surface area contributed by atoms with Crippen molar-refractivity contribution in [3.05, 3.63) is 89.4 Å². The van der Waals surface area contributed by atoms with Gasteiger partial charge in [0.05, 0.1) is 23.9 Å². The maximum Gasteiger partial charge on any atom is 0.162 e. The zero-order valence-corrected chi connectivity index (χ0v) is 17.6. The van der Waals surface area contributed by atoms with E-state index in [9.17, 15) is 8.78 Å². The summed E-state index contributed by atoms with van der Waals surface area (Å²) in [6, 6.07) is 16.4. The summed E-state index contributed by atoms with van der Waals surface area (Å²) in [5, 5.41) is 8.80. The molecule has 32 heavy (non-hydrogen) atoms. The summed E-state index contributed by atoms with van der Waals surface area (Å²) in [5.74, 6) is -1.47. The lowest BCUT2D eigenvalue weighted by Gasteiger charge is -2.23. The summed E-state index contributed by atoms with van der Waals surface area (Å²) in [6.45, 7) is 2.26. The summed E-state index contributed by atoms with van der Waals surface area (Å²) in [5.41, 5.74) is 4.28. The van der Waals surface area contributed by atoms with Gasteiger partial charge in [0.25, 0.3) is 0 Å². The van der Waals surface area contributed by atoms with Crippen LogP contribution in [0.25, 0.3) is 10.9 Å². The van der Waals surface area contributed by atoms with E-state index in [-0.39, 0.29) is 6.04 Å². The monoisotopic (exact) mass is 434 g/mol. The van der Waals surface area contributed by atoms with Gasteiger partial charge >= 0.3 is 0 Å². The number of hydrogen-bond donors (Lipinski definition) is 1. The lowest BCUT2D eigenvalue weighted by Crippen LogP contribution is -2.23. The van der Waals surface area contributed by atoms with Crippen LogP contribution in [0.15, 0.2) is 60.8 Å². The Hall–Kier alpha value is -3.32. The minimum Gasteiger partial charge on any atom is -0.493 e. The van der Waals surface area contributed by atoms with E-state index in [0.29, 0.717) is 18.8 Å². The zero-order chi connectivity index (χ0) is 21.9. The molecule has 0 unspecified atom stereocenters. The van der Waals surface area contributed by atoms with E-state index in [1.807, 2.05) is 12.3 Å². The Morgan fingerprint density at radius 2 is 2.00 bits per heavy atom. The minimum atomic E-state index is -0.907. The van der Waals surface area contributed by atoms with Gasteiger partial charge in [-0.3, -0.25) is 15.0 Å². The van der Waals surface area contributed by atoms with Crippen LogP contribution in [-0.4, -0.2) is 33.2 Å². The number of likely N-dealkylation sites (tertiary alicyclic amines) is 1. The van der Waals surface area contributed by atoms with Crippen molar-refractivity contribution in [3.8, 4) is 5.75 Å². The average Bonchev–Trinajstić information content (AvgIpc) is 3.45. The summed E-state index contributed by atoms with van der Waals surface area (Å²) in [6.07, 6.45) is 4.64. The first-order valence-corrected chi connectivity index (χ1v) is 10.9. The van der Waals surface area contributed by atoms with E-state index < -0.39 is 11.6 Å². The van der Waals surface area contributed by atoms with E-state index in [2.05, 4.69) is 50.4 Å². The Morgan fingerprint density at radius 3 is 2.91 bits per heavy atom. The van der Waals surface area contributed by atoms with Gasteiger partial charge in [0.15, 0.2) is 11.6 Å². The lowest BCUT2D eigenvalue weighted by atomic mass is 10.1. The number of H-pyrrole nitrogens is 1. The zero-order valence-electron chi connectivity index (χ0n) is 17.6. The van der Waals surface area contributed by atoms with Crippen LogP contribution in [0, 0.1) is 11.6 Å². The lowest BCUT2D eigenvalue weighted by molar-refractivity contribution is 0.244. The van der Waals surface area contributed by atoms with E-state index >= 15 is 0 Å². The molecule has 1 fully saturated rings. The van der Waals surface area contributed by atoms with Crippen molar-refractivity contribution >= 4 is 10.9 Å². The van der Waals surface area contributed by atoms with Crippen LogP contribution in [0.4, 0.5) is 8.78 Å². The van der Waals surface area contributed by atoms with Gasteiger partial charge in [-0.2, -0.15) is 5.10 Å². The first-order valence-electron chi connectivity index (χ1n) is 10.9. The number of benzene rings is 2. The number of nitrogens with zero attached hydrogens (tertiary/aromatic N) is 3. The standard InChI is InChI=1S/C25H24F2N4O/c26-21-7-6-20(15-22(21)27)32-12-9-19-14-24(30-29-19)25-4-2-11-31(25)16-17-5-8-23-18(13-17)3-1-10-28-23/h1,3,5-8,10,13-15,25H,2,4,9,11-12,16H2,(H,29,30)/t25-/m1/s1. The predicted molar refractivity (Wildman–Crippen MR) is 118 cm³/mol. The first kappa shape index (κ1) is 20.6. The quantitative estimate of drug-likeness (QED) is 0.435. The normalized spacial score (nSPS) is 16.6. The van der Waals surface area contributed by atoms with Crippen molar-refractivity contribution in [2.45, 2.75) is 31.8 Å². The van der Waals surface area contributed by atoms with Crippen LogP contribution in [0.2, 0.25) is 0 Å². The van der Waals surface area contributed by atoms with Crippen molar-refractivity contribution in [1.29, 1.82) is 0 Å². The predicted octanol–water partition coefficient (Wildman–Crippen LogP) is 5.19. The fourth-order valence-corrected chi connectivity index (χ4v) is 4.33. The smallest absolute Gasteiger partial charge is 0.162 e. The molecule has 1 aliphatic rings. The molecule has 2 aromatic carbocycles. The number of pyridine rings is 1. The van der Waals surface area contributed by atoms with Gasteiger partial charge in [-0.15, -0.1) is 0 Å². The van der Waals surface area contributed by atoms with Gasteiger partial charge in [0, 0.05) is 36.3 Å². The Balaban J connectivity index is 1.21. The number of fused-ring (bicyclic) bond motifs is 1. The number of ether oxygens (including phenoxy) is 1. The minimum absolute atomic E-state index is 0.275. The molecule has 1 aliphatic heterocycles. The molecule has 1 N–H and O–H groups in total. The fraction of sp³-hybridized carbons (Fsp3) is 0.280. The van der Waals surface area contributed by atoms with Crippen LogP contribution in [0.3, 0.4) is 0 Å². The Labute approximate surface area is 185 Å². The summed E-state index contributed by atoms with van der Waals surface area (Å²) >= 11 is 0. The largest absolute Gasteiger partial charge is 0.493 e. The third kappa shape index (κ3) is 4.48. The maximum absolute atomic E-state index is 13.3. The number of rotatable bonds is 7. The van der Waals surface area contributed by atoms with Crippen LogP contribution in [0.1, 0.15) is 35.8 Å². The molecular formula is C25H24F2N4O. The van der Waals surface area contributed by atoms with Crippen LogP contribution >= 0.6 is 0 Å². The van der Waals surface area contributed by atoms with Gasteiger partial charge in [-0.1, -0.05) is 12.1 Å². The molecule has 1 atom stereocenters. The highest BCUT2D eigenvalue weighted by atomic mass is 19.2. The topological polar surface area (TPSA) is 54.0 Å². The number of nitrogens with one attached hydrogen (secondary N) is 1. The van der Waals surface area contributed by atoms with Gasteiger partial charge in [0.1, 0.15) is 5.75 Å². The van der Waals surface area contributed by atoms with Gasteiger partial charge in [-0.05, 0) is 61.3 Å². The molecule has 1 saturated heterocycles. The van der Waals surface area contributed by atoms with E-state index in [0.717, 1.165) is 60.4 Å². The SMILES string of the molecule is Fc1ccc(OCCc2cc([C@H]3CCCN3Cc3ccc4ncccc4c3)n[nH]2)cc1F. The van der Waals surface area contributed by atoms with Crippen molar-refractivity contribution in [2.75, 3.05) is 13.2 Å². The molecule has 164 valence electrons. The van der Waals surface area contributed by atoms with Crippen molar-refractivity contribution in [1.82, 2.24) is 20.1 Å². The third-order valence-electron chi connectivity index (χ3n) is 5.94. The number of halogens is 2. The Bertz CT molecular complexity index is 1230. The van der Waals surface area contributed by atoms with Crippen LogP contribution in [-0.2, 0) is 13.0 Å². The molecule has 0 saturated carbocycles. The highest BCUT2D eigenvalue weighted by Gasteiger charge is 2.28. The number of hydrogen-bond acceptors (Lipinski definition) is 4. The maximum atomic E-state index is 13.3. The highest BCUT2D eigenvalue weighted by Crippen LogP contribution is 2.32. The first-order chi connectivity index (χ1) is 15.7. The molecule has 7 heteroatoms. The Kier molecular flexibility index (Phi) is 5.81. The molecule has 0 amide bonds. The van der Waals surface area contributed by atoms with Gasteiger partial charge in [-0.25, -0.2) is 8.78 Å². The van der Waals surface area contributed by atoms with Crippen LogP contribution in [0.5, 0.6) is 5.75 Å². The Morgan fingerprint density at radius 1 is 1.06 bits per heavy atom. The summed E-state index contributed by atoms with van der Waals surface area (Å²) in [4.78, 5) is 6.87. The van der Waals surface area contributed by atoms with Crippen molar-refractivity contribution < 1.29 is 13.5 Å². The second-order valence-corrected chi connectivity index (χ2v) is 8.15. The van der Waals surface area contributed by atoms with Crippen molar-refractivity contribution in [3.63, 3.8) is 0 Å². The molecule has 3 heterocycles.